The number of benzene rings is 1. The van der Waals surface area contributed by atoms with E-state index in [9.17, 15) is 4.39 Å². The lowest BCUT2D eigenvalue weighted by Crippen LogP contribution is -2.22. The van der Waals surface area contributed by atoms with Crippen molar-refractivity contribution in [2.24, 2.45) is 0 Å². The molecule has 1 saturated carbocycles. The van der Waals surface area contributed by atoms with Crippen molar-refractivity contribution >= 4 is 0 Å². The minimum atomic E-state index is -0.307. The molecule has 3 nitrogen and oxygen atoms in total. The third kappa shape index (κ3) is 4.30. The number of nitrogens with zero attached hydrogens (tertiary/aromatic N) is 1. The van der Waals surface area contributed by atoms with Gasteiger partial charge in [0.2, 0.25) is 0 Å². The molecule has 0 radical (unpaired) electrons. The highest BCUT2D eigenvalue weighted by atomic mass is 19.1. The fourth-order valence-corrected chi connectivity index (χ4v) is 2.39. The second-order valence-electron chi connectivity index (χ2n) is 4.87. The summed E-state index contributed by atoms with van der Waals surface area (Å²) in [5.74, 6) is -0.307. The molecule has 1 fully saturated rings. The number of hydrogen-bond acceptors (Lipinski definition) is 3. The normalized spacial score (nSPS) is 15.6. The van der Waals surface area contributed by atoms with Gasteiger partial charge in [0.25, 0.3) is 0 Å². The lowest BCUT2D eigenvalue weighted by atomic mass is 10.1. The Hall–Kier alpha value is -1.44. The van der Waals surface area contributed by atoms with E-state index in [0.29, 0.717) is 30.4 Å². The highest BCUT2D eigenvalue weighted by Crippen LogP contribution is 2.20. The summed E-state index contributed by atoms with van der Waals surface area (Å²) in [7, 11) is 0. The smallest absolute Gasteiger partial charge is 0.123 e. The van der Waals surface area contributed by atoms with Crippen LogP contribution in [0.3, 0.4) is 0 Å². The van der Waals surface area contributed by atoms with Gasteiger partial charge in [0, 0.05) is 13.1 Å². The molecule has 0 spiro atoms. The van der Waals surface area contributed by atoms with Gasteiger partial charge >= 0.3 is 0 Å². The first-order chi connectivity index (χ1) is 9.29. The summed E-state index contributed by atoms with van der Waals surface area (Å²) < 4.78 is 18.8. The van der Waals surface area contributed by atoms with Gasteiger partial charge in [0.15, 0.2) is 0 Å². The molecule has 0 unspecified atom stereocenters. The monoisotopic (exact) mass is 262 g/mol. The molecule has 4 heteroatoms. The Bertz CT molecular complexity index is 450. The summed E-state index contributed by atoms with van der Waals surface area (Å²) in [6.07, 6.45) is 5.30. The Morgan fingerprint density at radius 2 is 2.16 bits per heavy atom. The quantitative estimate of drug-likeness (QED) is 0.802. The van der Waals surface area contributed by atoms with E-state index in [-0.39, 0.29) is 5.82 Å². The van der Waals surface area contributed by atoms with Crippen molar-refractivity contribution in [1.82, 2.24) is 5.32 Å². The molecule has 102 valence electrons. The van der Waals surface area contributed by atoms with Gasteiger partial charge < -0.3 is 10.1 Å². The molecule has 1 aromatic rings. The standard InChI is InChI=1S/C15H19FN2O/c16-14-6-5-12(10-17)13(9-14)11-18-7-8-19-15-3-1-2-4-15/h5-6,9,15,18H,1-4,7-8,11H2. The van der Waals surface area contributed by atoms with Crippen LogP contribution >= 0.6 is 0 Å². The minimum absolute atomic E-state index is 0.307. The maximum atomic E-state index is 13.1. The molecule has 0 aliphatic heterocycles. The van der Waals surface area contributed by atoms with Gasteiger partial charge in [-0.1, -0.05) is 12.8 Å². The summed E-state index contributed by atoms with van der Waals surface area (Å²) in [6.45, 7) is 1.88. The van der Waals surface area contributed by atoms with Crippen LogP contribution in [0.5, 0.6) is 0 Å². The van der Waals surface area contributed by atoms with Gasteiger partial charge in [-0.25, -0.2) is 4.39 Å². The predicted octanol–water partition coefficient (Wildman–Crippen LogP) is 2.75. The Morgan fingerprint density at radius 3 is 2.89 bits per heavy atom. The van der Waals surface area contributed by atoms with E-state index < -0.39 is 0 Å². The second kappa shape index (κ2) is 7.22. The molecule has 1 aromatic carbocycles. The van der Waals surface area contributed by atoms with Crippen LogP contribution in [-0.2, 0) is 11.3 Å². The van der Waals surface area contributed by atoms with E-state index in [0.717, 1.165) is 6.54 Å². The van der Waals surface area contributed by atoms with Crippen LogP contribution in [0.4, 0.5) is 4.39 Å². The Morgan fingerprint density at radius 1 is 1.37 bits per heavy atom. The van der Waals surface area contributed by atoms with Gasteiger partial charge in [-0.2, -0.15) is 5.26 Å². The average molecular weight is 262 g/mol. The molecule has 0 bridgehead atoms. The van der Waals surface area contributed by atoms with Crippen molar-refractivity contribution in [2.45, 2.75) is 38.3 Å². The van der Waals surface area contributed by atoms with Crippen LogP contribution in [0.15, 0.2) is 18.2 Å². The highest BCUT2D eigenvalue weighted by molar-refractivity contribution is 5.37. The third-order valence-electron chi connectivity index (χ3n) is 3.44. The minimum Gasteiger partial charge on any atom is -0.377 e. The zero-order valence-corrected chi connectivity index (χ0v) is 11.0. The van der Waals surface area contributed by atoms with E-state index in [2.05, 4.69) is 11.4 Å². The Kier molecular flexibility index (Phi) is 5.31. The zero-order chi connectivity index (χ0) is 13.5. The molecule has 0 aromatic heterocycles. The molecule has 19 heavy (non-hydrogen) atoms. The fourth-order valence-electron chi connectivity index (χ4n) is 2.39. The molecular formula is C15H19FN2O. The summed E-state index contributed by atoms with van der Waals surface area (Å²) >= 11 is 0. The van der Waals surface area contributed by atoms with Crippen molar-refractivity contribution in [3.63, 3.8) is 0 Å². The van der Waals surface area contributed by atoms with Gasteiger partial charge in [0.1, 0.15) is 5.82 Å². The molecule has 1 aliphatic rings. The van der Waals surface area contributed by atoms with Crippen molar-refractivity contribution < 1.29 is 9.13 Å². The molecule has 2 rings (SSSR count). The second-order valence-corrected chi connectivity index (χ2v) is 4.87. The molecule has 0 amide bonds. The lowest BCUT2D eigenvalue weighted by molar-refractivity contribution is 0.0602. The van der Waals surface area contributed by atoms with Gasteiger partial charge in [-0.15, -0.1) is 0 Å². The lowest BCUT2D eigenvalue weighted by Gasteiger charge is -2.11. The first-order valence-corrected chi connectivity index (χ1v) is 6.80. The molecule has 1 N–H and O–H groups in total. The number of halogens is 1. The summed E-state index contributed by atoms with van der Waals surface area (Å²) in [6, 6.07) is 6.30. The van der Waals surface area contributed by atoms with Crippen LogP contribution in [0, 0.1) is 17.1 Å². The average Bonchev–Trinajstić information content (AvgIpc) is 2.92. The number of rotatable bonds is 6. The maximum Gasteiger partial charge on any atom is 0.123 e. The highest BCUT2D eigenvalue weighted by Gasteiger charge is 2.14. The van der Waals surface area contributed by atoms with Crippen LogP contribution < -0.4 is 5.32 Å². The van der Waals surface area contributed by atoms with E-state index in [1.54, 1.807) is 0 Å². The summed E-state index contributed by atoms with van der Waals surface area (Å²) in [5, 5.41) is 12.1. The number of nitrogens with one attached hydrogen (secondary N) is 1. The van der Waals surface area contributed by atoms with Crippen LogP contribution in [0.25, 0.3) is 0 Å². The summed E-state index contributed by atoms with van der Waals surface area (Å²) in [4.78, 5) is 0. The van der Waals surface area contributed by atoms with Gasteiger partial charge in [-0.05, 0) is 36.6 Å². The molecule has 0 atom stereocenters. The Labute approximate surface area is 113 Å². The van der Waals surface area contributed by atoms with Crippen LogP contribution in [0.1, 0.15) is 36.8 Å². The Balaban J connectivity index is 1.70. The van der Waals surface area contributed by atoms with E-state index in [1.165, 1.54) is 43.9 Å². The van der Waals surface area contributed by atoms with Crippen molar-refractivity contribution in [1.29, 1.82) is 5.26 Å². The molecule has 0 saturated heterocycles. The van der Waals surface area contributed by atoms with E-state index >= 15 is 0 Å². The fraction of sp³-hybridized carbons (Fsp3) is 0.533. The van der Waals surface area contributed by atoms with E-state index in [1.807, 2.05) is 0 Å². The van der Waals surface area contributed by atoms with Crippen LogP contribution in [-0.4, -0.2) is 19.3 Å². The predicted molar refractivity (Wildman–Crippen MR) is 71.0 cm³/mol. The number of hydrogen-bond donors (Lipinski definition) is 1. The number of ether oxygens (including phenoxy) is 1. The SMILES string of the molecule is N#Cc1ccc(F)cc1CNCCOC1CCCC1. The first kappa shape index (κ1) is 14.0. The van der Waals surface area contributed by atoms with E-state index in [4.69, 9.17) is 10.00 Å². The van der Waals surface area contributed by atoms with Crippen molar-refractivity contribution in [3.05, 3.63) is 35.1 Å². The zero-order valence-electron chi connectivity index (χ0n) is 11.0. The maximum absolute atomic E-state index is 13.1. The topological polar surface area (TPSA) is 45.0 Å². The summed E-state index contributed by atoms with van der Waals surface area (Å²) in [5.41, 5.74) is 1.22. The largest absolute Gasteiger partial charge is 0.377 e. The van der Waals surface area contributed by atoms with Crippen molar-refractivity contribution in [3.8, 4) is 6.07 Å². The molecule has 1 aliphatic carbocycles. The van der Waals surface area contributed by atoms with Crippen molar-refractivity contribution in [2.75, 3.05) is 13.2 Å². The van der Waals surface area contributed by atoms with Gasteiger partial charge in [0.05, 0.1) is 24.3 Å². The van der Waals surface area contributed by atoms with Crippen LogP contribution in [0.2, 0.25) is 0 Å². The first-order valence-electron chi connectivity index (χ1n) is 6.80. The third-order valence-corrected chi connectivity index (χ3v) is 3.44. The number of nitriles is 1. The molecule has 0 heterocycles. The van der Waals surface area contributed by atoms with Gasteiger partial charge in [-0.3, -0.25) is 0 Å². The molecular weight excluding hydrogens is 243 g/mol.